The van der Waals surface area contributed by atoms with Crippen LogP contribution in [0.5, 0.6) is 0 Å². The predicted octanol–water partition coefficient (Wildman–Crippen LogP) is 2.02. The fourth-order valence-electron chi connectivity index (χ4n) is 2.31. The lowest BCUT2D eigenvalue weighted by Crippen LogP contribution is -2.47. The van der Waals surface area contributed by atoms with Crippen molar-refractivity contribution in [3.05, 3.63) is 65.7 Å². The highest BCUT2D eigenvalue weighted by Gasteiger charge is 2.25. The average molecular weight is 346 g/mol. The molecule has 1 amide bonds. The quantitative estimate of drug-likeness (QED) is 0.805. The number of sulfonamides is 1. The van der Waals surface area contributed by atoms with Gasteiger partial charge < -0.3 is 5.32 Å². The van der Waals surface area contributed by atoms with E-state index in [1.807, 2.05) is 37.3 Å². The summed E-state index contributed by atoms with van der Waals surface area (Å²) in [4.78, 5) is 12.4. The normalized spacial score (nSPS) is 12.6. The molecule has 1 atom stereocenters. The van der Waals surface area contributed by atoms with Crippen LogP contribution in [0.15, 0.2) is 59.5 Å². The molecule has 0 fully saturated rings. The fourth-order valence-corrected chi connectivity index (χ4v) is 3.50. The first-order valence-corrected chi connectivity index (χ1v) is 9.31. The van der Waals surface area contributed by atoms with Gasteiger partial charge in [-0.3, -0.25) is 4.79 Å². The second kappa shape index (κ2) is 8.08. The van der Waals surface area contributed by atoms with Crippen LogP contribution in [0.25, 0.3) is 0 Å². The van der Waals surface area contributed by atoms with E-state index in [0.29, 0.717) is 6.54 Å². The molecule has 0 aromatic heterocycles. The highest BCUT2D eigenvalue weighted by atomic mass is 32.2. The summed E-state index contributed by atoms with van der Waals surface area (Å²) in [5.74, 6) is -0.336. The van der Waals surface area contributed by atoms with E-state index in [-0.39, 0.29) is 17.2 Å². The zero-order valence-corrected chi connectivity index (χ0v) is 14.6. The lowest BCUT2D eigenvalue weighted by atomic mass is 10.1. The van der Waals surface area contributed by atoms with Crippen LogP contribution < -0.4 is 10.0 Å². The van der Waals surface area contributed by atoms with E-state index in [1.54, 1.807) is 19.1 Å². The Hall–Kier alpha value is -2.18. The van der Waals surface area contributed by atoms with Gasteiger partial charge in [-0.2, -0.15) is 4.72 Å². The highest BCUT2D eigenvalue weighted by molar-refractivity contribution is 7.89. The number of likely N-dealkylation sites (N-methyl/N-ethyl adjacent to an activating group) is 1. The molecule has 0 radical (unpaired) electrons. The summed E-state index contributed by atoms with van der Waals surface area (Å²) in [6, 6.07) is 15.0. The third-order valence-electron chi connectivity index (χ3n) is 3.58. The van der Waals surface area contributed by atoms with E-state index in [9.17, 15) is 13.2 Å². The van der Waals surface area contributed by atoms with Crippen molar-refractivity contribution in [2.24, 2.45) is 0 Å². The maximum Gasteiger partial charge on any atom is 0.241 e. The molecule has 5 nitrogen and oxygen atoms in total. The van der Waals surface area contributed by atoms with Gasteiger partial charge in [-0.05, 0) is 38.0 Å². The Morgan fingerprint density at radius 2 is 1.67 bits per heavy atom. The first kappa shape index (κ1) is 18.2. The summed E-state index contributed by atoms with van der Waals surface area (Å²) in [7, 11) is -3.77. The highest BCUT2D eigenvalue weighted by Crippen LogP contribution is 2.12. The molecule has 0 aliphatic rings. The summed E-state index contributed by atoms with van der Waals surface area (Å²) in [6.45, 7) is 4.12. The monoisotopic (exact) mass is 346 g/mol. The first-order valence-electron chi connectivity index (χ1n) is 7.83. The molecule has 2 rings (SSSR count). The van der Waals surface area contributed by atoms with Crippen LogP contribution in [0.3, 0.4) is 0 Å². The molecule has 6 heteroatoms. The number of nitrogens with one attached hydrogen (secondary N) is 2. The van der Waals surface area contributed by atoms with E-state index >= 15 is 0 Å². The Labute approximate surface area is 143 Å². The third-order valence-corrected chi connectivity index (χ3v) is 5.07. The van der Waals surface area contributed by atoms with Crippen LogP contribution in [-0.4, -0.2) is 26.9 Å². The molecule has 0 aliphatic heterocycles. The van der Waals surface area contributed by atoms with E-state index in [0.717, 1.165) is 11.1 Å². The van der Waals surface area contributed by atoms with Crippen LogP contribution in [0.2, 0.25) is 0 Å². The first-order chi connectivity index (χ1) is 11.4. The van der Waals surface area contributed by atoms with Crippen molar-refractivity contribution in [2.75, 3.05) is 6.54 Å². The van der Waals surface area contributed by atoms with E-state index in [1.165, 1.54) is 12.1 Å². The Kier molecular flexibility index (Phi) is 6.11. The third kappa shape index (κ3) is 4.91. The Balaban J connectivity index is 2.23. The maximum atomic E-state index is 12.6. The number of rotatable bonds is 7. The van der Waals surface area contributed by atoms with Gasteiger partial charge in [0.15, 0.2) is 0 Å². The van der Waals surface area contributed by atoms with Crippen LogP contribution in [0, 0.1) is 6.92 Å². The van der Waals surface area contributed by atoms with Crippen molar-refractivity contribution >= 4 is 15.9 Å². The topological polar surface area (TPSA) is 75.3 Å². The van der Waals surface area contributed by atoms with Gasteiger partial charge in [0, 0.05) is 6.54 Å². The van der Waals surface area contributed by atoms with Crippen molar-refractivity contribution in [1.29, 1.82) is 0 Å². The van der Waals surface area contributed by atoms with E-state index in [4.69, 9.17) is 0 Å². The van der Waals surface area contributed by atoms with Gasteiger partial charge in [0.2, 0.25) is 15.9 Å². The van der Waals surface area contributed by atoms with Gasteiger partial charge in [0.1, 0.15) is 6.04 Å². The van der Waals surface area contributed by atoms with Crippen molar-refractivity contribution in [2.45, 2.75) is 31.2 Å². The van der Waals surface area contributed by atoms with Crippen LogP contribution >= 0.6 is 0 Å². The number of amides is 1. The molecular weight excluding hydrogens is 324 g/mol. The number of aryl methyl sites for hydroxylation is 1. The predicted molar refractivity (Wildman–Crippen MR) is 94.1 cm³/mol. The second-order valence-electron chi connectivity index (χ2n) is 5.57. The molecule has 24 heavy (non-hydrogen) atoms. The van der Waals surface area contributed by atoms with Gasteiger partial charge >= 0.3 is 0 Å². The molecule has 0 heterocycles. The summed E-state index contributed by atoms with van der Waals surface area (Å²) < 4.78 is 27.6. The van der Waals surface area contributed by atoms with Gasteiger partial charge in [0.25, 0.3) is 0 Å². The number of benzene rings is 2. The lowest BCUT2D eigenvalue weighted by Gasteiger charge is -2.18. The average Bonchev–Trinajstić information content (AvgIpc) is 2.55. The van der Waals surface area contributed by atoms with Crippen LogP contribution in [0.1, 0.15) is 18.1 Å². The van der Waals surface area contributed by atoms with Crippen molar-refractivity contribution in [3.63, 3.8) is 0 Å². The van der Waals surface area contributed by atoms with Gasteiger partial charge in [-0.15, -0.1) is 0 Å². The number of hydrogen-bond donors (Lipinski definition) is 2. The summed E-state index contributed by atoms with van der Waals surface area (Å²) in [6.07, 6.45) is 0.289. The van der Waals surface area contributed by atoms with Crippen LogP contribution in [0.4, 0.5) is 0 Å². The standard InChI is InChI=1S/C18H22N2O3S/c1-3-19-18(21)17(13-15-7-5-4-6-8-15)20-24(22,23)16-11-9-14(2)10-12-16/h4-12,17,20H,3,13H2,1-2H3,(H,19,21)/t17-/m1/s1. The Morgan fingerprint density at radius 1 is 1.04 bits per heavy atom. The van der Waals surface area contributed by atoms with Crippen molar-refractivity contribution in [3.8, 4) is 0 Å². The smallest absolute Gasteiger partial charge is 0.241 e. The maximum absolute atomic E-state index is 12.6. The minimum atomic E-state index is -3.77. The summed E-state index contributed by atoms with van der Waals surface area (Å²) >= 11 is 0. The van der Waals surface area contributed by atoms with Crippen molar-refractivity contribution < 1.29 is 13.2 Å². The minimum Gasteiger partial charge on any atom is -0.355 e. The minimum absolute atomic E-state index is 0.149. The van der Waals surface area contributed by atoms with Crippen molar-refractivity contribution in [1.82, 2.24) is 10.0 Å². The summed E-state index contributed by atoms with van der Waals surface area (Å²) in [5.41, 5.74) is 1.86. The Bertz CT molecular complexity index is 772. The Morgan fingerprint density at radius 3 is 2.25 bits per heavy atom. The molecule has 0 unspecified atom stereocenters. The zero-order chi connectivity index (χ0) is 17.6. The molecule has 2 aromatic rings. The summed E-state index contributed by atoms with van der Waals surface area (Å²) in [5, 5.41) is 2.68. The molecular formula is C18H22N2O3S. The molecule has 0 spiro atoms. The molecule has 0 saturated carbocycles. The SMILES string of the molecule is CCNC(=O)[C@@H](Cc1ccccc1)NS(=O)(=O)c1ccc(C)cc1. The second-order valence-corrected chi connectivity index (χ2v) is 7.29. The van der Waals surface area contributed by atoms with E-state index < -0.39 is 16.1 Å². The lowest BCUT2D eigenvalue weighted by molar-refractivity contribution is -0.122. The molecule has 2 aromatic carbocycles. The van der Waals surface area contributed by atoms with E-state index in [2.05, 4.69) is 10.0 Å². The number of carbonyl (C=O) groups excluding carboxylic acids is 1. The molecule has 0 saturated heterocycles. The van der Waals surface area contributed by atoms with Gasteiger partial charge in [-0.25, -0.2) is 8.42 Å². The molecule has 0 bridgehead atoms. The molecule has 2 N–H and O–H groups in total. The van der Waals surface area contributed by atoms with Gasteiger partial charge in [0.05, 0.1) is 4.90 Å². The number of hydrogen-bond acceptors (Lipinski definition) is 3. The fraction of sp³-hybridized carbons (Fsp3) is 0.278. The number of carbonyl (C=O) groups is 1. The molecule has 128 valence electrons. The van der Waals surface area contributed by atoms with Gasteiger partial charge in [-0.1, -0.05) is 48.0 Å². The largest absolute Gasteiger partial charge is 0.355 e. The molecule has 0 aliphatic carbocycles. The van der Waals surface area contributed by atoms with Crippen LogP contribution in [-0.2, 0) is 21.2 Å². The zero-order valence-electron chi connectivity index (χ0n) is 13.8.